The smallest absolute Gasteiger partial charge is 0.235 e. The first-order valence-electron chi connectivity index (χ1n) is 5.28. The molecule has 0 atom stereocenters. The van der Waals surface area contributed by atoms with E-state index in [0.29, 0.717) is 5.56 Å². The summed E-state index contributed by atoms with van der Waals surface area (Å²) in [6.45, 7) is 0. The van der Waals surface area contributed by atoms with E-state index in [1.54, 1.807) is 0 Å². The number of hydrogen-bond acceptors (Lipinski definition) is 2. The van der Waals surface area contributed by atoms with Gasteiger partial charge in [0.1, 0.15) is 17.8 Å². The Kier molecular flexibility index (Phi) is 4.73. The molecule has 8 heteroatoms. The molecule has 0 saturated carbocycles. The van der Waals surface area contributed by atoms with E-state index < -0.39 is 23.0 Å². The number of benzene rings is 1. The van der Waals surface area contributed by atoms with E-state index in [4.69, 9.17) is 34.8 Å². The molecule has 1 heterocycles. The summed E-state index contributed by atoms with van der Waals surface area (Å²) in [5.41, 5.74) is -0.395. The third kappa shape index (κ3) is 2.85. The van der Waals surface area contributed by atoms with Gasteiger partial charge in [-0.15, -0.1) is 11.6 Å². The Labute approximate surface area is 127 Å². The van der Waals surface area contributed by atoms with Crippen molar-refractivity contribution in [2.45, 2.75) is 12.3 Å². The molecule has 2 rings (SSSR count). The predicted octanol–water partition coefficient (Wildman–Crippen LogP) is 5.27. The summed E-state index contributed by atoms with van der Waals surface area (Å²) in [6.07, 6.45) is -1.98. The second kappa shape index (κ2) is 6.16. The zero-order chi connectivity index (χ0) is 14.9. The Bertz CT molecular complexity index is 650. The average molecular weight is 342 g/mol. The molecule has 0 aliphatic heterocycles. The zero-order valence-electron chi connectivity index (χ0n) is 9.68. The fraction of sp³-hybridized carbons (Fsp3) is 0.167. The molecule has 0 bridgehead atoms. The van der Waals surface area contributed by atoms with Crippen LogP contribution in [0.5, 0.6) is 0 Å². The van der Waals surface area contributed by atoms with Crippen LogP contribution in [0, 0.1) is 5.82 Å². The van der Waals surface area contributed by atoms with Crippen molar-refractivity contribution in [3.8, 4) is 11.3 Å². The Morgan fingerprint density at radius 3 is 2.45 bits per heavy atom. The molecule has 0 spiro atoms. The van der Waals surface area contributed by atoms with Crippen molar-refractivity contribution in [3.05, 3.63) is 45.6 Å². The number of nitrogens with zero attached hydrogens (tertiary/aromatic N) is 2. The van der Waals surface area contributed by atoms with Gasteiger partial charge in [0.2, 0.25) is 0 Å². The van der Waals surface area contributed by atoms with Crippen molar-refractivity contribution in [2.24, 2.45) is 0 Å². The molecule has 0 amide bonds. The fourth-order valence-electron chi connectivity index (χ4n) is 1.60. The minimum Gasteiger partial charge on any atom is -0.235 e. The lowest BCUT2D eigenvalue weighted by atomic mass is 10.1. The first kappa shape index (κ1) is 15.4. The molecule has 20 heavy (non-hydrogen) atoms. The van der Waals surface area contributed by atoms with Gasteiger partial charge < -0.3 is 0 Å². The molecule has 0 N–H and O–H groups in total. The molecule has 106 valence electrons. The summed E-state index contributed by atoms with van der Waals surface area (Å²) < 4.78 is 39.4. The van der Waals surface area contributed by atoms with Crippen LogP contribution in [0.3, 0.4) is 0 Å². The van der Waals surface area contributed by atoms with Gasteiger partial charge in [-0.25, -0.2) is 23.1 Å². The summed E-state index contributed by atoms with van der Waals surface area (Å²) in [7, 11) is 0. The molecule has 2 aromatic rings. The van der Waals surface area contributed by atoms with Gasteiger partial charge >= 0.3 is 0 Å². The average Bonchev–Trinajstić information content (AvgIpc) is 2.39. The van der Waals surface area contributed by atoms with Crippen LogP contribution >= 0.6 is 34.8 Å². The van der Waals surface area contributed by atoms with Crippen LogP contribution in [0.25, 0.3) is 11.3 Å². The van der Waals surface area contributed by atoms with E-state index in [9.17, 15) is 13.2 Å². The molecule has 0 radical (unpaired) electrons. The maximum Gasteiger partial charge on any atom is 0.281 e. The van der Waals surface area contributed by atoms with Gasteiger partial charge in [0, 0.05) is 16.5 Å². The molecular weight excluding hydrogens is 335 g/mol. The molecule has 1 aromatic heterocycles. The SMILES string of the molecule is Fc1cc(Cl)c(CCl)cc1-c1ncnc(C(F)F)c1Cl. The monoisotopic (exact) mass is 340 g/mol. The minimum absolute atomic E-state index is 0.0382. The van der Waals surface area contributed by atoms with Crippen molar-refractivity contribution in [1.29, 1.82) is 0 Å². The molecule has 0 aliphatic rings. The first-order chi connectivity index (χ1) is 9.45. The van der Waals surface area contributed by atoms with Gasteiger partial charge in [-0.1, -0.05) is 23.2 Å². The van der Waals surface area contributed by atoms with Crippen LogP contribution < -0.4 is 0 Å². The second-order valence-electron chi connectivity index (χ2n) is 3.78. The van der Waals surface area contributed by atoms with Crippen molar-refractivity contribution in [3.63, 3.8) is 0 Å². The minimum atomic E-state index is -2.88. The predicted molar refractivity (Wildman–Crippen MR) is 72.0 cm³/mol. The van der Waals surface area contributed by atoms with Gasteiger partial charge in [0.05, 0.1) is 10.7 Å². The summed E-state index contributed by atoms with van der Waals surface area (Å²) in [5, 5.41) is -0.259. The van der Waals surface area contributed by atoms with Crippen LogP contribution in [-0.2, 0) is 5.88 Å². The highest BCUT2D eigenvalue weighted by Gasteiger charge is 2.21. The van der Waals surface area contributed by atoms with Crippen molar-refractivity contribution in [1.82, 2.24) is 9.97 Å². The van der Waals surface area contributed by atoms with Gasteiger partial charge in [0.25, 0.3) is 6.43 Å². The molecular formula is C12H6Cl3F3N2. The summed E-state index contributed by atoms with van der Waals surface area (Å²) in [5.74, 6) is -0.694. The van der Waals surface area contributed by atoms with E-state index in [1.807, 2.05) is 0 Å². The molecule has 0 aliphatic carbocycles. The second-order valence-corrected chi connectivity index (χ2v) is 4.83. The van der Waals surface area contributed by atoms with Crippen LogP contribution in [0.4, 0.5) is 13.2 Å². The number of rotatable bonds is 3. The van der Waals surface area contributed by atoms with Crippen LogP contribution in [0.15, 0.2) is 18.5 Å². The zero-order valence-corrected chi connectivity index (χ0v) is 11.9. The normalized spacial score (nSPS) is 11.2. The molecule has 2 nitrogen and oxygen atoms in total. The number of halogens is 6. The molecule has 0 saturated heterocycles. The van der Waals surface area contributed by atoms with E-state index in [0.717, 1.165) is 12.4 Å². The van der Waals surface area contributed by atoms with Gasteiger partial charge in [0.15, 0.2) is 0 Å². The number of hydrogen-bond donors (Lipinski definition) is 0. The summed E-state index contributed by atoms with van der Waals surface area (Å²) >= 11 is 17.3. The third-order valence-corrected chi connectivity index (χ3v) is 3.57. The van der Waals surface area contributed by atoms with Crippen molar-refractivity contribution >= 4 is 34.8 Å². The maximum absolute atomic E-state index is 13.9. The lowest BCUT2D eigenvalue weighted by molar-refractivity contribution is 0.146. The van der Waals surface area contributed by atoms with Crippen LogP contribution in [-0.4, -0.2) is 9.97 Å². The van der Waals surface area contributed by atoms with E-state index in [2.05, 4.69) is 9.97 Å². The maximum atomic E-state index is 13.9. The van der Waals surface area contributed by atoms with Gasteiger partial charge in [-0.3, -0.25) is 0 Å². The van der Waals surface area contributed by atoms with Crippen LogP contribution in [0.2, 0.25) is 10.0 Å². The Morgan fingerprint density at radius 1 is 1.15 bits per heavy atom. The van der Waals surface area contributed by atoms with Crippen molar-refractivity contribution < 1.29 is 13.2 Å². The largest absolute Gasteiger partial charge is 0.281 e. The Balaban J connectivity index is 2.66. The highest BCUT2D eigenvalue weighted by atomic mass is 35.5. The fourth-order valence-corrected chi connectivity index (χ4v) is 2.39. The van der Waals surface area contributed by atoms with Gasteiger partial charge in [-0.05, 0) is 17.7 Å². The number of aromatic nitrogens is 2. The lowest BCUT2D eigenvalue weighted by Crippen LogP contribution is -1.98. The van der Waals surface area contributed by atoms with E-state index >= 15 is 0 Å². The topological polar surface area (TPSA) is 25.8 Å². The van der Waals surface area contributed by atoms with E-state index in [1.165, 1.54) is 6.07 Å². The third-order valence-electron chi connectivity index (χ3n) is 2.56. The Hall–Kier alpha value is -1.04. The molecule has 1 aromatic carbocycles. The standard InChI is InChI=1S/C12H6Cl3F3N2/c13-3-5-1-6(8(16)2-7(5)14)10-9(15)11(12(17)18)20-4-19-10/h1-2,4,12H,3H2. The quantitative estimate of drug-likeness (QED) is 0.711. The summed E-state index contributed by atoms with van der Waals surface area (Å²) in [4.78, 5) is 7.14. The van der Waals surface area contributed by atoms with Crippen LogP contribution in [0.1, 0.15) is 17.7 Å². The molecule has 0 unspecified atom stereocenters. The molecule has 0 fully saturated rings. The highest BCUT2D eigenvalue weighted by molar-refractivity contribution is 6.34. The van der Waals surface area contributed by atoms with Crippen molar-refractivity contribution in [2.75, 3.05) is 0 Å². The Morgan fingerprint density at radius 2 is 1.85 bits per heavy atom. The van der Waals surface area contributed by atoms with E-state index in [-0.39, 0.29) is 22.2 Å². The van der Waals surface area contributed by atoms with Gasteiger partial charge in [-0.2, -0.15) is 0 Å². The lowest BCUT2D eigenvalue weighted by Gasteiger charge is -2.10. The first-order valence-corrected chi connectivity index (χ1v) is 6.57. The summed E-state index contributed by atoms with van der Waals surface area (Å²) in [6, 6.07) is 2.36. The highest BCUT2D eigenvalue weighted by Crippen LogP contribution is 2.35. The number of alkyl halides is 3.